The van der Waals surface area contributed by atoms with Crippen molar-refractivity contribution in [2.45, 2.75) is 21.2 Å². The summed E-state index contributed by atoms with van der Waals surface area (Å²) in [6.45, 7) is 0.128. The average Bonchev–Trinajstić information content (AvgIpc) is 3.15. The summed E-state index contributed by atoms with van der Waals surface area (Å²) in [4.78, 5) is 12.7. The standard InChI is InChI=1S/C18H15ClN2O5S3/c19-13-16(28)14(12(18(22)23)15(27)17(13)29(20,24)25)21(9-11-7-4-8-26-11)10-5-2-1-3-6-10/h1-8,27-28H,9H2,(H,22,23)(H2,20,24,25). The molecular formula is C18H15ClN2O5S3. The lowest BCUT2D eigenvalue weighted by Crippen LogP contribution is -2.23. The molecule has 0 aliphatic rings. The maximum absolute atomic E-state index is 12.1. The van der Waals surface area contributed by atoms with Gasteiger partial charge in [0.25, 0.3) is 0 Å². The second kappa shape index (κ2) is 8.33. The molecule has 0 atom stereocenters. The van der Waals surface area contributed by atoms with Gasteiger partial charge in [-0.3, -0.25) is 0 Å². The number of nitrogens with two attached hydrogens (primary N) is 1. The molecule has 0 spiro atoms. The number of anilines is 2. The number of carboxylic acids is 1. The van der Waals surface area contributed by atoms with Crippen LogP contribution < -0.4 is 10.0 Å². The Bertz CT molecular complexity index is 1170. The molecular weight excluding hydrogens is 456 g/mol. The third-order valence-electron chi connectivity index (χ3n) is 4.05. The lowest BCUT2D eigenvalue weighted by atomic mass is 10.1. The van der Waals surface area contributed by atoms with E-state index in [1.54, 1.807) is 47.4 Å². The van der Waals surface area contributed by atoms with E-state index >= 15 is 0 Å². The van der Waals surface area contributed by atoms with Crippen LogP contribution in [0.2, 0.25) is 5.02 Å². The van der Waals surface area contributed by atoms with Crippen LogP contribution >= 0.6 is 36.9 Å². The van der Waals surface area contributed by atoms with Crippen molar-refractivity contribution in [1.82, 2.24) is 0 Å². The highest BCUT2D eigenvalue weighted by molar-refractivity contribution is 7.90. The molecule has 3 rings (SSSR count). The Morgan fingerprint density at radius 1 is 1.14 bits per heavy atom. The lowest BCUT2D eigenvalue weighted by molar-refractivity contribution is 0.0693. The monoisotopic (exact) mass is 470 g/mol. The van der Waals surface area contributed by atoms with E-state index in [0.717, 1.165) is 0 Å². The first-order valence-corrected chi connectivity index (χ1v) is 10.8. The lowest BCUT2D eigenvalue weighted by Gasteiger charge is -2.29. The van der Waals surface area contributed by atoms with Gasteiger partial charge in [-0.1, -0.05) is 29.8 Å². The zero-order valence-electron chi connectivity index (χ0n) is 14.6. The minimum atomic E-state index is -4.36. The largest absolute Gasteiger partial charge is 0.478 e. The van der Waals surface area contributed by atoms with E-state index in [1.165, 1.54) is 6.26 Å². The molecule has 11 heteroatoms. The van der Waals surface area contributed by atoms with Gasteiger partial charge in [-0.2, -0.15) is 0 Å². The molecule has 0 unspecified atom stereocenters. The van der Waals surface area contributed by atoms with Gasteiger partial charge in [0.1, 0.15) is 10.7 Å². The van der Waals surface area contributed by atoms with Crippen LogP contribution in [0.1, 0.15) is 16.1 Å². The molecule has 0 aliphatic heterocycles. The fraction of sp³-hybridized carbons (Fsp3) is 0.0556. The summed E-state index contributed by atoms with van der Waals surface area (Å²) in [6.07, 6.45) is 1.49. The number of para-hydroxylation sites is 1. The van der Waals surface area contributed by atoms with E-state index < -0.39 is 26.5 Å². The Hall–Kier alpha value is -2.11. The fourth-order valence-corrected chi connectivity index (χ4v) is 5.26. The van der Waals surface area contributed by atoms with Gasteiger partial charge < -0.3 is 14.4 Å². The Labute approximate surface area is 182 Å². The van der Waals surface area contributed by atoms with Gasteiger partial charge in [-0.25, -0.2) is 18.4 Å². The molecule has 0 saturated carbocycles. The van der Waals surface area contributed by atoms with Gasteiger partial charge >= 0.3 is 5.97 Å². The second-order valence-corrected chi connectivity index (χ2v) is 8.69. The third kappa shape index (κ3) is 4.26. The van der Waals surface area contributed by atoms with Crippen molar-refractivity contribution < 1.29 is 22.7 Å². The third-order valence-corrected chi connectivity index (χ3v) is 6.68. The van der Waals surface area contributed by atoms with Crippen LogP contribution in [0.25, 0.3) is 0 Å². The SMILES string of the molecule is NS(=O)(=O)c1c(S)c(C(=O)O)c(N(Cc2ccco2)c2ccccc2)c(S)c1Cl. The van der Waals surface area contributed by atoms with Crippen molar-refractivity contribution in [3.63, 3.8) is 0 Å². The van der Waals surface area contributed by atoms with E-state index in [1.807, 2.05) is 0 Å². The van der Waals surface area contributed by atoms with Crippen molar-refractivity contribution in [3.05, 3.63) is 65.1 Å². The van der Waals surface area contributed by atoms with E-state index in [-0.39, 0.29) is 27.0 Å². The molecule has 1 aromatic heterocycles. The summed E-state index contributed by atoms with van der Waals surface area (Å²) in [7, 11) is -4.36. The van der Waals surface area contributed by atoms with Crippen molar-refractivity contribution >= 4 is 64.2 Å². The molecule has 0 radical (unpaired) electrons. The van der Waals surface area contributed by atoms with Crippen molar-refractivity contribution in [3.8, 4) is 0 Å². The minimum Gasteiger partial charge on any atom is -0.478 e. The van der Waals surface area contributed by atoms with Gasteiger partial charge in [-0.15, -0.1) is 25.3 Å². The molecule has 7 nitrogen and oxygen atoms in total. The van der Waals surface area contributed by atoms with E-state index in [0.29, 0.717) is 11.4 Å². The van der Waals surface area contributed by atoms with Crippen LogP contribution in [0.15, 0.2) is 67.8 Å². The molecule has 0 aliphatic carbocycles. The predicted octanol–water partition coefficient (Wildman–Crippen LogP) is 4.19. The van der Waals surface area contributed by atoms with Gasteiger partial charge in [0.05, 0.1) is 29.1 Å². The van der Waals surface area contributed by atoms with E-state index in [4.69, 9.17) is 21.2 Å². The van der Waals surface area contributed by atoms with Crippen LogP contribution in [0.4, 0.5) is 11.4 Å². The van der Waals surface area contributed by atoms with Crippen LogP contribution in [0, 0.1) is 0 Å². The molecule has 0 saturated heterocycles. The number of sulfonamides is 1. The van der Waals surface area contributed by atoms with Gasteiger partial charge in [0.2, 0.25) is 10.0 Å². The normalized spacial score (nSPS) is 11.4. The van der Waals surface area contributed by atoms with E-state index in [9.17, 15) is 18.3 Å². The summed E-state index contributed by atoms with van der Waals surface area (Å²) in [6, 6.07) is 12.3. The van der Waals surface area contributed by atoms with E-state index in [2.05, 4.69) is 25.3 Å². The number of carboxylic acid groups (broad SMARTS) is 1. The predicted molar refractivity (Wildman–Crippen MR) is 115 cm³/mol. The van der Waals surface area contributed by atoms with Crippen LogP contribution in [-0.2, 0) is 16.6 Å². The minimum absolute atomic E-state index is 0.0610. The summed E-state index contributed by atoms with van der Waals surface area (Å²) >= 11 is 14.7. The van der Waals surface area contributed by atoms with Crippen molar-refractivity contribution in [1.29, 1.82) is 0 Å². The number of rotatable bonds is 6. The van der Waals surface area contributed by atoms with Gasteiger partial charge in [-0.05, 0) is 24.3 Å². The number of hydrogen-bond donors (Lipinski definition) is 4. The molecule has 3 aromatic rings. The Balaban J connectivity index is 2.37. The zero-order chi connectivity index (χ0) is 21.3. The highest BCUT2D eigenvalue weighted by Gasteiger charge is 2.32. The number of aromatic carboxylic acids is 1. The molecule has 2 aromatic carbocycles. The van der Waals surface area contributed by atoms with Crippen LogP contribution in [0.5, 0.6) is 0 Å². The summed E-state index contributed by atoms with van der Waals surface area (Å²) in [5, 5.41) is 14.8. The highest BCUT2D eigenvalue weighted by atomic mass is 35.5. The van der Waals surface area contributed by atoms with Crippen LogP contribution in [-0.4, -0.2) is 19.5 Å². The fourth-order valence-electron chi connectivity index (χ4n) is 2.85. The maximum atomic E-state index is 12.1. The smallest absolute Gasteiger partial charge is 0.339 e. The first-order valence-electron chi connectivity index (χ1n) is 8.01. The average molecular weight is 471 g/mol. The summed E-state index contributed by atoms with van der Waals surface area (Å²) in [5.41, 5.74) is 0.266. The Morgan fingerprint density at radius 3 is 2.31 bits per heavy atom. The maximum Gasteiger partial charge on any atom is 0.339 e. The summed E-state index contributed by atoms with van der Waals surface area (Å²) < 4.78 is 29.4. The number of furan rings is 1. The zero-order valence-corrected chi connectivity index (χ0v) is 18.0. The topological polar surface area (TPSA) is 114 Å². The number of hydrogen-bond acceptors (Lipinski definition) is 7. The first-order chi connectivity index (χ1) is 13.6. The van der Waals surface area contributed by atoms with Gasteiger partial charge in [0.15, 0.2) is 0 Å². The van der Waals surface area contributed by atoms with Crippen molar-refractivity contribution in [2.75, 3.05) is 4.90 Å². The van der Waals surface area contributed by atoms with Crippen LogP contribution in [0.3, 0.4) is 0 Å². The Morgan fingerprint density at radius 2 is 1.79 bits per heavy atom. The number of thiol groups is 2. The number of halogens is 1. The molecule has 29 heavy (non-hydrogen) atoms. The molecule has 0 amide bonds. The van der Waals surface area contributed by atoms with Gasteiger partial charge in [0, 0.05) is 15.5 Å². The number of nitrogens with zero attached hydrogens (tertiary/aromatic N) is 1. The summed E-state index contributed by atoms with van der Waals surface area (Å²) in [5.74, 6) is -0.882. The van der Waals surface area contributed by atoms with Crippen molar-refractivity contribution in [2.24, 2.45) is 5.14 Å². The highest BCUT2D eigenvalue weighted by Crippen LogP contribution is 2.46. The molecule has 3 N–H and O–H groups in total. The first kappa shape index (κ1) is 21.6. The molecule has 0 bridgehead atoms. The molecule has 1 heterocycles. The Kier molecular flexibility index (Phi) is 6.20. The number of carbonyl (C=O) groups is 1. The number of benzene rings is 2. The molecule has 0 fully saturated rings. The quantitative estimate of drug-likeness (QED) is 0.401. The second-order valence-electron chi connectivity index (χ2n) is 5.92. The molecule has 152 valence electrons. The number of primary sulfonamides is 1.